The molecule has 1 aliphatic rings. The fourth-order valence-corrected chi connectivity index (χ4v) is 3.38. The molecule has 0 fully saturated rings. The Morgan fingerprint density at radius 3 is 2.70 bits per heavy atom. The van der Waals surface area contributed by atoms with Crippen molar-refractivity contribution in [2.24, 2.45) is 0 Å². The fraction of sp³-hybridized carbons (Fsp3) is 0.350. The van der Waals surface area contributed by atoms with Crippen LogP contribution in [0.4, 0.5) is 0 Å². The van der Waals surface area contributed by atoms with Gasteiger partial charge in [0.1, 0.15) is 0 Å². The molecule has 0 radical (unpaired) electrons. The van der Waals surface area contributed by atoms with Crippen LogP contribution in [0.2, 0.25) is 0 Å². The van der Waals surface area contributed by atoms with Crippen molar-refractivity contribution in [2.45, 2.75) is 25.3 Å². The smallest absolute Gasteiger partial charge is 0.234 e. The van der Waals surface area contributed by atoms with Crippen LogP contribution < -0.4 is 5.32 Å². The number of amides is 1. The maximum Gasteiger partial charge on any atom is 0.234 e. The summed E-state index contributed by atoms with van der Waals surface area (Å²) in [6.07, 6.45) is 3.09. The molecule has 1 N–H and O–H groups in total. The molecule has 3 rings (SSSR count). The molecule has 1 aliphatic carbocycles. The molecule has 2 aromatic carbocycles. The average Bonchev–Trinajstić information content (AvgIpc) is 3.00. The lowest BCUT2D eigenvalue weighted by Crippen LogP contribution is -2.37. The highest BCUT2D eigenvalue weighted by Gasteiger charge is 2.26. The first-order valence-corrected chi connectivity index (χ1v) is 8.32. The Kier molecular flexibility index (Phi) is 5.09. The van der Waals surface area contributed by atoms with Crippen molar-refractivity contribution in [1.29, 1.82) is 0 Å². The van der Waals surface area contributed by atoms with Gasteiger partial charge in [0.15, 0.2) is 0 Å². The summed E-state index contributed by atoms with van der Waals surface area (Å²) in [6, 6.07) is 19.2. The van der Waals surface area contributed by atoms with Crippen molar-refractivity contribution in [2.75, 3.05) is 20.1 Å². The third-order valence-electron chi connectivity index (χ3n) is 4.60. The lowest BCUT2D eigenvalue weighted by atomic mass is 10.1. The van der Waals surface area contributed by atoms with Gasteiger partial charge in [-0.15, -0.1) is 0 Å². The van der Waals surface area contributed by atoms with E-state index in [4.69, 9.17) is 0 Å². The number of likely N-dealkylation sites (N-methyl/N-ethyl adjacent to an activating group) is 1. The number of fused-ring (bicyclic) bond motifs is 1. The summed E-state index contributed by atoms with van der Waals surface area (Å²) in [5.41, 5.74) is 4.06. The zero-order chi connectivity index (χ0) is 16.1. The predicted molar refractivity (Wildman–Crippen MR) is 93.3 cm³/mol. The number of nitrogens with zero attached hydrogens (tertiary/aromatic N) is 1. The molecule has 3 heteroatoms. The number of hydrogen-bond acceptors (Lipinski definition) is 2. The van der Waals surface area contributed by atoms with E-state index in [0.717, 1.165) is 19.3 Å². The lowest BCUT2D eigenvalue weighted by Gasteiger charge is -2.24. The van der Waals surface area contributed by atoms with Gasteiger partial charge >= 0.3 is 0 Å². The molecule has 1 atom stereocenters. The Hall–Kier alpha value is -2.13. The van der Waals surface area contributed by atoms with Crippen molar-refractivity contribution in [3.8, 4) is 0 Å². The van der Waals surface area contributed by atoms with E-state index in [1.165, 1.54) is 16.7 Å². The molecule has 0 heterocycles. The van der Waals surface area contributed by atoms with Crippen LogP contribution in [-0.4, -0.2) is 30.9 Å². The van der Waals surface area contributed by atoms with E-state index in [1.54, 1.807) is 0 Å². The molecule has 0 spiro atoms. The molecular weight excluding hydrogens is 284 g/mol. The van der Waals surface area contributed by atoms with Crippen molar-refractivity contribution in [3.63, 3.8) is 0 Å². The van der Waals surface area contributed by atoms with E-state index in [1.807, 2.05) is 25.2 Å². The number of hydrogen-bond donors (Lipinski definition) is 1. The van der Waals surface area contributed by atoms with Crippen molar-refractivity contribution in [1.82, 2.24) is 10.2 Å². The standard InChI is InChI=1S/C20H24N2O/c1-22(19-12-11-17-9-5-6-10-18(17)19)15-20(23)21-14-13-16-7-3-2-4-8-16/h2-10,19H,11-15H2,1H3,(H,21,23). The molecular formula is C20H24N2O. The van der Waals surface area contributed by atoms with Gasteiger partial charge in [0.05, 0.1) is 6.54 Å². The predicted octanol–water partition coefficient (Wildman–Crippen LogP) is 2.96. The second-order valence-corrected chi connectivity index (χ2v) is 6.25. The number of rotatable bonds is 6. The van der Waals surface area contributed by atoms with Crippen LogP contribution in [0.3, 0.4) is 0 Å². The van der Waals surface area contributed by atoms with E-state index in [-0.39, 0.29) is 5.91 Å². The number of nitrogens with one attached hydrogen (secondary N) is 1. The quantitative estimate of drug-likeness (QED) is 0.890. The first kappa shape index (κ1) is 15.8. The van der Waals surface area contributed by atoms with Gasteiger partial charge in [-0.2, -0.15) is 0 Å². The van der Waals surface area contributed by atoms with Gasteiger partial charge in [0, 0.05) is 12.6 Å². The maximum absolute atomic E-state index is 12.2. The highest BCUT2D eigenvalue weighted by atomic mass is 16.2. The second-order valence-electron chi connectivity index (χ2n) is 6.25. The third-order valence-corrected chi connectivity index (χ3v) is 4.60. The molecule has 0 aliphatic heterocycles. The van der Waals surface area contributed by atoms with E-state index in [9.17, 15) is 4.79 Å². The van der Waals surface area contributed by atoms with Gasteiger partial charge < -0.3 is 5.32 Å². The van der Waals surface area contributed by atoms with E-state index in [2.05, 4.69) is 46.6 Å². The van der Waals surface area contributed by atoms with Gasteiger partial charge in [-0.1, -0.05) is 54.6 Å². The molecule has 23 heavy (non-hydrogen) atoms. The molecule has 0 aromatic heterocycles. The van der Waals surface area contributed by atoms with Crippen molar-refractivity contribution in [3.05, 3.63) is 71.3 Å². The first-order valence-electron chi connectivity index (χ1n) is 8.32. The number of benzene rings is 2. The topological polar surface area (TPSA) is 32.3 Å². The Bertz CT molecular complexity index is 654. The zero-order valence-electron chi connectivity index (χ0n) is 13.7. The van der Waals surface area contributed by atoms with Gasteiger partial charge in [0.25, 0.3) is 0 Å². The number of carbonyl (C=O) groups excluding carboxylic acids is 1. The van der Waals surface area contributed by atoms with E-state index >= 15 is 0 Å². The Morgan fingerprint density at radius 2 is 1.87 bits per heavy atom. The summed E-state index contributed by atoms with van der Waals surface area (Å²) in [6.45, 7) is 1.14. The van der Waals surface area contributed by atoms with E-state index in [0.29, 0.717) is 19.1 Å². The van der Waals surface area contributed by atoms with Crippen LogP contribution in [0.15, 0.2) is 54.6 Å². The number of aryl methyl sites for hydroxylation is 1. The summed E-state index contributed by atoms with van der Waals surface area (Å²) in [5.74, 6) is 0.104. The van der Waals surface area contributed by atoms with Crippen molar-refractivity contribution < 1.29 is 4.79 Å². The van der Waals surface area contributed by atoms with Crippen LogP contribution in [0.5, 0.6) is 0 Å². The molecule has 2 aromatic rings. The normalized spacial score (nSPS) is 16.3. The molecule has 120 valence electrons. The van der Waals surface area contributed by atoms with Crippen molar-refractivity contribution >= 4 is 5.91 Å². The zero-order valence-corrected chi connectivity index (χ0v) is 13.7. The number of carbonyl (C=O) groups is 1. The maximum atomic E-state index is 12.2. The third kappa shape index (κ3) is 3.99. The van der Waals surface area contributed by atoms with E-state index < -0.39 is 0 Å². The largest absolute Gasteiger partial charge is 0.355 e. The molecule has 0 bridgehead atoms. The summed E-state index contributed by atoms with van der Waals surface area (Å²) >= 11 is 0. The Morgan fingerprint density at radius 1 is 1.13 bits per heavy atom. The van der Waals surface area contributed by atoms with Gasteiger partial charge in [-0.25, -0.2) is 0 Å². The molecule has 3 nitrogen and oxygen atoms in total. The summed E-state index contributed by atoms with van der Waals surface area (Å²) in [7, 11) is 2.05. The SMILES string of the molecule is CN(CC(=O)NCCc1ccccc1)C1CCc2ccccc21. The van der Waals surface area contributed by atoms with Gasteiger partial charge in [-0.3, -0.25) is 9.69 Å². The van der Waals surface area contributed by atoms with Crippen LogP contribution in [0.25, 0.3) is 0 Å². The minimum absolute atomic E-state index is 0.104. The molecule has 1 amide bonds. The van der Waals surface area contributed by atoms with Gasteiger partial charge in [0.2, 0.25) is 5.91 Å². The van der Waals surface area contributed by atoms with Crippen LogP contribution >= 0.6 is 0 Å². The minimum atomic E-state index is 0.104. The average molecular weight is 308 g/mol. The fourth-order valence-electron chi connectivity index (χ4n) is 3.38. The second kappa shape index (κ2) is 7.42. The lowest BCUT2D eigenvalue weighted by molar-refractivity contribution is -0.122. The van der Waals surface area contributed by atoms with Crippen LogP contribution in [0.1, 0.15) is 29.2 Å². The summed E-state index contributed by atoms with van der Waals surface area (Å²) in [4.78, 5) is 14.3. The first-order chi connectivity index (χ1) is 11.2. The highest BCUT2D eigenvalue weighted by molar-refractivity contribution is 5.78. The minimum Gasteiger partial charge on any atom is -0.355 e. The van der Waals surface area contributed by atoms with Crippen LogP contribution in [0, 0.1) is 0 Å². The Balaban J connectivity index is 1.47. The molecule has 0 saturated carbocycles. The van der Waals surface area contributed by atoms with Crippen LogP contribution in [-0.2, 0) is 17.6 Å². The summed E-state index contributed by atoms with van der Waals surface area (Å²) in [5, 5.41) is 3.03. The molecule has 0 saturated heterocycles. The summed E-state index contributed by atoms with van der Waals surface area (Å²) < 4.78 is 0. The highest BCUT2D eigenvalue weighted by Crippen LogP contribution is 2.34. The molecule has 1 unspecified atom stereocenters. The Labute approximate surface area is 138 Å². The van der Waals surface area contributed by atoms with Gasteiger partial charge in [-0.05, 0) is 43.0 Å². The monoisotopic (exact) mass is 308 g/mol.